The summed E-state index contributed by atoms with van der Waals surface area (Å²) in [5, 5.41) is 16.2. The maximum Gasteiger partial charge on any atom is 0.243 e. The molecule has 2 aromatic rings. The molecule has 6 rings (SSSR count). The van der Waals surface area contributed by atoms with Gasteiger partial charge in [-0.15, -0.1) is 10.2 Å². The van der Waals surface area contributed by atoms with Gasteiger partial charge in [0.25, 0.3) is 0 Å². The van der Waals surface area contributed by atoms with Gasteiger partial charge in [-0.25, -0.2) is 0 Å². The number of carbonyl (C=O) groups excluding carboxylic acids is 1. The molecule has 0 spiro atoms. The standard InChI is InChI=1S/C21H26ClN5O/c1-13(21-9-14-6-15(10-21)8-16(7-14)11-21)23-19(28)12-27-25-20(24-26-27)17-4-2-3-5-18(17)22/h2-5,13-16H,6-12H2,1H3,(H,23,28)/t13-,14?,15?,16?,21?/m1/s1. The maximum atomic E-state index is 12.7. The summed E-state index contributed by atoms with van der Waals surface area (Å²) in [6, 6.07) is 7.56. The Morgan fingerprint density at radius 3 is 2.50 bits per heavy atom. The van der Waals surface area contributed by atoms with Gasteiger partial charge in [0.2, 0.25) is 11.7 Å². The number of rotatable bonds is 5. The van der Waals surface area contributed by atoms with Gasteiger partial charge in [0, 0.05) is 11.6 Å². The smallest absolute Gasteiger partial charge is 0.243 e. The molecule has 28 heavy (non-hydrogen) atoms. The van der Waals surface area contributed by atoms with E-state index in [1.54, 1.807) is 6.07 Å². The van der Waals surface area contributed by atoms with E-state index >= 15 is 0 Å². The first-order chi connectivity index (χ1) is 13.5. The first-order valence-corrected chi connectivity index (χ1v) is 10.7. The van der Waals surface area contributed by atoms with Crippen molar-refractivity contribution < 1.29 is 4.79 Å². The minimum absolute atomic E-state index is 0.0497. The Morgan fingerprint density at radius 1 is 1.21 bits per heavy atom. The lowest BCUT2D eigenvalue weighted by Gasteiger charge is -2.59. The number of nitrogens with zero attached hydrogens (tertiary/aromatic N) is 4. The fraction of sp³-hybridized carbons (Fsp3) is 0.619. The van der Waals surface area contributed by atoms with Crippen LogP contribution in [0.25, 0.3) is 11.4 Å². The van der Waals surface area contributed by atoms with Crippen LogP contribution in [-0.4, -0.2) is 32.2 Å². The molecular formula is C21H26ClN5O. The van der Waals surface area contributed by atoms with E-state index in [1.807, 2.05) is 18.2 Å². The van der Waals surface area contributed by atoms with Crippen molar-refractivity contribution in [1.29, 1.82) is 0 Å². The van der Waals surface area contributed by atoms with E-state index in [2.05, 4.69) is 27.7 Å². The van der Waals surface area contributed by atoms with Gasteiger partial charge in [-0.2, -0.15) is 4.80 Å². The van der Waals surface area contributed by atoms with Crippen LogP contribution in [0.1, 0.15) is 45.4 Å². The third-order valence-corrected chi connectivity index (χ3v) is 7.56. The summed E-state index contributed by atoms with van der Waals surface area (Å²) >= 11 is 6.20. The lowest BCUT2D eigenvalue weighted by atomic mass is 9.48. The lowest BCUT2D eigenvalue weighted by molar-refractivity contribution is -0.126. The topological polar surface area (TPSA) is 72.7 Å². The molecule has 0 radical (unpaired) electrons. The molecule has 4 aliphatic rings. The van der Waals surface area contributed by atoms with Gasteiger partial charge >= 0.3 is 0 Å². The predicted molar refractivity (Wildman–Crippen MR) is 106 cm³/mol. The summed E-state index contributed by atoms with van der Waals surface area (Å²) in [7, 11) is 0. The highest BCUT2D eigenvalue weighted by Crippen LogP contribution is 2.61. The molecule has 1 amide bonds. The van der Waals surface area contributed by atoms with Crippen LogP contribution in [0.5, 0.6) is 0 Å². The molecule has 0 aliphatic heterocycles. The van der Waals surface area contributed by atoms with E-state index in [-0.39, 0.29) is 18.5 Å². The highest BCUT2D eigenvalue weighted by molar-refractivity contribution is 6.33. The molecule has 6 nitrogen and oxygen atoms in total. The number of carbonyl (C=O) groups is 1. The molecule has 4 saturated carbocycles. The van der Waals surface area contributed by atoms with E-state index in [0.717, 1.165) is 23.3 Å². The second-order valence-electron chi connectivity index (χ2n) is 9.19. The highest BCUT2D eigenvalue weighted by Gasteiger charge is 2.53. The van der Waals surface area contributed by atoms with Crippen molar-refractivity contribution in [2.45, 2.75) is 58.0 Å². The molecule has 4 aliphatic carbocycles. The van der Waals surface area contributed by atoms with Gasteiger partial charge < -0.3 is 5.32 Å². The van der Waals surface area contributed by atoms with Crippen molar-refractivity contribution in [3.05, 3.63) is 29.3 Å². The van der Waals surface area contributed by atoms with Crippen LogP contribution in [0, 0.1) is 23.2 Å². The van der Waals surface area contributed by atoms with Crippen LogP contribution in [0.4, 0.5) is 0 Å². The van der Waals surface area contributed by atoms with E-state index in [9.17, 15) is 4.79 Å². The monoisotopic (exact) mass is 399 g/mol. The average molecular weight is 400 g/mol. The lowest BCUT2D eigenvalue weighted by Crippen LogP contribution is -2.56. The maximum absolute atomic E-state index is 12.7. The van der Waals surface area contributed by atoms with Crippen LogP contribution in [-0.2, 0) is 11.3 Å². The Balaban J connectivity index is 1.24. The van der Waals surface area contributed by atoms with Crippen molar-refractivity contribution in [2.75, 3.05) is 0 Å². The van der Waals surface area contributed by atoms with Gasteiger partial charge in [0.1, 0.15) is 6.54 Å². The molecular weight excluding hydrogens is 374 g/mol. The minimum Gasteiger partial charge on any atom is -0.351 e. The average Bonchev–Trinajstić information content (AvgIpc) is 3.09. The third-order valence-electron chi connectivity index (χ3n) is 7.23. The normalized spacial score (nSPS) is 31.7. The fourth-order valence-electron chi connectivity index (χ4n) is 6.34. The van der Waals surface area contributed by atoms with Gasteiger partial charge in [-0.05, 0) is 86.0 Å². The molecule has 4 bridgehead atoms. The molecule has 1 aromatic heterocycles. The zero-order valence-electron chi connectivity index (χ0n) is 16.1. The van der Waals surface area contributed by atoms with Crippen molar-refractivity contribution in [3.8, 4) is 11.4 Å². The molecule has 0 unspecified atom stereocenters. The summed E-state index contributed by atoms with van der Waals surface area (Å²) in [4.78, 5) is 14.0. The minimum atomic E-state index is -0.0497. The number of hydrogen-bond donors (Lipinski definition) is 1. The zero-order chi connectivity index (χ0) is 19.3. The van der Waals surface area contributed by atoms with E-state index < -0.39 is 0 Å². The zero-order valence-corrected chi connectivity index (χ0v) is 16.9. The third kappa shape index (κ3) is 3.21. The number of tetrazole rings is 1. The van der Waals surface area contributed by atoms with Crippen molar-refractivity contribution in [1.82, 2.24) is 25.5 Å². The van der Waals surface area contributed by atoms with Crippen LogP contribution in [0.3, 0.4) is 0 Å². The molecule has 4 fully saturated rings. The van der Waals surface area contributed by atoms with Gasteiger partial charge in [0.05, 0.1) is 5.02 Å². The molecule has 1 aromatic carbocycles. The van der Waals surface area contributed by atoms with E-state index in [1.165, 1.54) is 43.3 Å². The number of nitrogens with one attached hydrogen (secondary N) is 1. The van der Waals surface area contributed by atoms with Crippen molar-refractivity contribution in [2.24, 2.45) is 23.2 Å². The first-order valence-electron chi connectivity index (χ1n) is 10.3. The summed E-state index contributed by atoms with van der Waals surface area (Å²) in [6.45, 7) is 2.27. The Morgan fingerprint density at radius 2 is 1.86 bits per heavy atom. The molecule has 1 atom stereocenters. The van der Waals surface area contributed by atoms with Crippen molar-refractivity contribution >= 4 is 17.5 Å². The van der Waals surface area contributed by atoms with Crippen LogP contribution in [0.15, 0.2) is 24.3 Å². The number of hydrogen-bond acceptors (Lipinski definition) is 4. The Hall–Kier alpha value is -1.95. The number of amides is 1. The first kappa shape index (κ1) is 18.1. The number of aromatic nitrogens is 4. The molecule has 148 valence electrons. The Labute approximate surface area is 170 Å². The van der Waals surface area contributed by atoms with Crippen molar-refractivity contribution in [3.63, 3.8) is 0 Å². The Kier molecular flexibility index (Phi) is 4.42. The summed E-state index contributed by atoms with van der Waals surface area (Å²) in [5.74, 6) is 3.01. The molecule has 1 heterocycles. The SMILES string of the molecule is C[C@@H](NC(=O)Cn1nnc(-c2ccccc2Cl)n1)C12CC3CC(CC(C3)C1)C2. The van der Waals surface area contributed by atoms with Crippen LogP contribution < -0.4 is 5.32 Å². The summed E-state index contributed by atoms with van der Waals surface area (Å²) in [5.41, 5.74) is 1.01. The molecule has 7 heteroatoms. The predicted octanol–water partition coefficient (Wildman–Crippen LogP) is 3.71. The van der Waals surface area contributed by atoms with Gasteiger partial charge in [0.15, 0.2) is 0 Å². The molecule has 0 saturated heterocycles. The quantitative estimate of drug-likeness (QED) is 0.831. The van der Waals surface area contributed by atoms with E-state index in [4.69, 9.17) is 11.6 Å². The number of benzene rings is 1. The summed E-state index contributed by atoms with van der Waals surface area (Å²) < 4.78 is 0. The largest absolute Gasteiger partial charge is 0.351 e. The molecule has 1 N–H and O–H groups in total. The van der Waals surface area contributed by atoms with E-state index in [0.29, 0.717) is 16.3 Å². The summed E-state index contributed by atoms with van der Waals surface area (Å²) in [6.07, 6.45) is 8.06. The number of halogens is 1. The highest BCUT2D eigenvalue weighted by atomic mass is 35.5. The van der Waals surface area contributed by atoms with Gasteiger partial charge in [-0.1, -0.05) is 23.7 Å². The Bertz CT molecular complexity index is 859. The fourth-order valence-corrected chi connectivity index (χ4v) is 6.56. The second kappa shape index (κ2) is 6.83. The second-order valence-corrected chi connectivity index (χ2v) is 9.60. The van der Waals surface area contributed by atoms with Crippen LogP contribution >= 0.6 is 11.6 Å². The van der Waals surface area contributed by atoms with Gasteiger partial charge in [-0.3, -0.25) is 4.79 Å². The van der Waals surface area contributed by atoms with Crippen LogP contribution in [0.2, 0.25) is 5.02 Å².